The first kappa shape index (κ1) is 18.0. The Bertz CT molecular complexity index is 752. The SMILES string of the molecule is CCc1cccc(NC(=S)NNC(=O)c2cc(Cl)ccc2OC)c1. The average molecular weight is 364 g/mol. The van der Waals surface area contributed by atoms with Gasteiger partial charge in [0.2, 0.25) is 0 Å². The second-order valence-electron chi connectivity index (χ2n) is 4.93. The third kappa shape index (κ3) is 4.84. The number of amides is 1. The van der Waals surface area contributed by atoms with Crippen molar-refractivity contribution in [2.75, 3.05) is 12.4 Å². The van der Waals surface area contributed by atoms with E-state index in [1.165, 1.54) is 18.7 Å². The van der Waals surface area contributed by atoms with Gasteiger partial charge in [0, 0.05) is 10.7 Å². The largest absolute Gasteiger partial charge is 0.496 e. The minimum Gasteiger partial charge on any atom is -0.496 e. The third-order valence-electron chi connectivity index (χ3n) is 3.29. The number of carbonyl (C=O) groups excluding carboxylic acids is 1. The van der Waals surface area contributed by atoms with Gasteiger partial charge < -0.3 is 10.1 Å². The Balaban J connectivity index is 1.96. The molecular formula is C17H18ClN3O2S. The Hall–Kier alpha value is -2.31. The van der Waals surface area contributed by atoms with Crippen LogP contribution in [0.1, 0.15) is 22.8 Å². The van der Waals surface area contributed by atoms with Gasteiger partial charge in [0.1, 0.15) is 5.75 Å². The Labute approximate surface area is 151 Å². The second kappa shape index (κ2) is 8.52. The summed E-state index contributed by atoms with van der Waals surface area (Å²) in [5.41, 5.74) is 7.53. The number of aryl methyl sites for hydroxylation is 1. The molecule has 0 fully saturated rings. The Kier molecular flexibility index (Phi) is 6.40. The molecule has 0 saturated heterocycles. The number of ether oxygens (including phenoxy) is 1. The number of methoxy groups -OCH3 is 1. The first-order valence-corrected chi connectivity index (χ1v) is 8.12. The normalized spacial score (nSPS) is 9.96. The van der Waals surface area contributed by atoms with E-state index in [1.54, 1.807) is 12.1 Å². The van der Waals surface area contributed by atoms with Gasteiger partial charge in [0.25, 0.3) is 5.91 Å². The number of hydrazine groups is 1. The molecule has 126 valence electrons. The van der Waals surface area contributed by atoms with Gasteiger partial charge in [0.15, 0.2) is 5.11 Å². The fraction of sp³-hybridized carbons (Fsp3) is 0.176. The summed E-state index contributed by atoms with van der Waals surface area (Å²) < 4.78 is 5.15. The van der Waals surface area contributed by atoms with Crippen molar-refractivity contribution in [3.63, 3.8) is 0 Å². The number of thiocarbonyl (C=S) groups is 1. The third-order valence-corrected chi connectivity index (χ3v) is 3.73. The first-order valence-electron chi connectivity index (χ1n) is 7.33. The standard InChI is InChI=1S/C17H18ClN3O2S/c1-3-11-5-4-6-13(9-11)19-17(24)21-20-16(22)14-10-12(18)7-8-15(14)23-2/h4-10H,3H2,1-2H3,(H,20,22)(H2,19,21,24). The van der Waals surface area contributed by atoms with Crippen molar-refractivity contribution in [2.45, 2.75) is 13.3 Å². The zero-order valence-electron chi connectivity index (χ0n) is 13.4. The van der Waals surface area contributed by atoms with Crippen molar-refractivity contribution in [2.24, 2.45) is 0 Å². The van der Waals surface area contributed by atoms with Crippen LogP contribution in [0.15, 0.2) is 42.5 Å². The van der Waals surface area contributed by atoms with Gasteiger partial charge in [0.05, 0.1) is 12.7 Å². The molecule has 0 heterocycles. The fourth-order valence-electron chi connectivity index (χ4n) is 2.07. The first-order chi connectivity index (χ1) is 11.5. The van der Waals surface area contributed by atoms with E-state index in [-0.39, 0.29) is 5.11 Å². The molecule has 0 saturated carbocycles. The molecule has 0 spiro atoms. The van der Waals surface area contributed by atoms with E-state index in [0.29, 0.717) is 16.3 Å². The van der Waals surface area contributed by atoms with E-state index in [0.717, 1.165) is 12.1 Å². The highest BCUT2D eigenvalue weighted by Crippen LogP contribution is 2.22. The van der Waals surface area contributed by atoms with Crippen LogP contribution in [0.2, 0.25) is 5.02 Å². The lowest BCUT2D eigenvalue weighted by atomic mass is 10.1. The molecule has 2 aromatic rings. The summed E-state index contributed by atoms with van der Waals surface area (Å²) in [5, 5.41) is 3.73. The number of anilines is 1. The summed E-state index contributed by atoms with van der Waals surface area (Å²) in [6.07, 6.45) is 0.932. The molecule has 7 heteroatoms. The minimum atomic E-state index is -0.402. The van der Waals surface area contributed by atoms with E-state index in [4.69, 9.17) is 28.6 Å². The predicted molar refractivity (Wildman–Crippen MR) is 101 cm³/mol. The van der Waals surface area contributed by atoms with Crippen LogP contribution >= 0.6 is 23.8 Å². The molecule has 5 nitrogen and oxygen atoms in total. The Morgan fingerprint density at radius 3 is 2.71 bits per heavy atom. The topological polar surface area (TPSA) is 62.4 Å². The molecule has 0 aromatic heterocycles. The summed E-state index contributed by atoms with van der Waals surface area (Å²) in [4.78, 5) is 12.2. The summed E-state index contributed by atoms with van der Waals surface area (Å²) in [6, 6.07) is 12.7. The van der Waals surface area contributed by atoms with Crippen molar-refractivity contribution < 1.29 is 9.53 Å². The van der Waals surface area contributed by atoms with Crippen LogP contribution in [0.5, 0.6) is 5.75 Å². The average Bonchev–Trinajstić information content (AvgIpc) is 2.59. The number of hydrogen-bond acceptors (Lipinski definition) is 3. The molecule has 0 atom stereocenters. The lowest BCUT2D eigenvalue weighted by Gasteiger charge is -2.13. The second-order valence-corrected chi connectivity index (χ2v) is 5.78. The molecular weight excluding hydrogens is 346 g/mol. The van der Waals surface area contributed by atoms with Gasteiger partial charge in [-0.05, 0) is 54.5 Å². The van der Waals surface area contributed by atoms with Gasteiger partial charge in [-0.25, -0.2) is 0 Å². The van der Waals surface area contributed by atoms with Crippen LogP contribution < -0.4 is 20.9 Å². The van der Waals surface area contributed by atoms with Crippen molar-refractivity contribution in [3.05, 3.63) is 58.6 Å². The van der Waals surface area contributed by atoms with Crippen molar-refractivity contribution >= 4 is 40.5 Å². The predicted octanol–water partition coefficient (Wildman–Crippen LogP) is 3.54. The van der Waals surface area contributed by atoms with Gasteiger partial charge >= 0.3 is 0 Å². The number of rotatable bonds is 4. The van der Waals surface area contributed by atoms with E-state index in [9.17, 15) is 4.79 Å². The molecule has 24 heavy (non-hydrogen) atoms. The highest BCUT2D eigenvalue weighted by Gasteiger charge is 2.13. The molecule has 0 unspecified atom stereocenters. The molecule has 0 radical (unpaired) electrons. The van der Waals surface area contributed by atoms with Crippen molar-refractivity contribution in [1.82, 2.24) is 10.9 Å². The highest BCUT2D eigenvalue weighted by atomic mass is 35.5. The van der Waals surface area contributed by atoms with E-state index >= 15 is 0 Å². The Morgan fingerprint density at radius 2 is 2.00 bits per heavy atom. The summed E-state index contributed by atoms with van der Waals surface area (Å²) >= 11 is 11.1. The molecule has 2 rings (SSSR count). The molecule has 0 aliphatic rings. The van der Waals surface area contributed by atoms with Gasteiger partial charge in [-0.2, -0.15) is 0 Å². The quantitative estimate of drug-likeness (QED) is 0.573. The monoisotopic (exact) mass is 363 g/mol. The summed E-state index contributed by atoms with van der Waals surface area (Å²) in [6.45, 7) is 2.08. The summed E-state index contributed by atoms with van der Waals surface area (Å²) in [5.74, 6) is 0.0223. The van der Waals surface area contributed by atoms with Gasteiger partial charge in [-0.15, -0.1) is 0 Å². The van der Waals surface area contributed by atoms with Crippen LogP contribution in [0.25, 0.3) is 0 Å². The number of hydrogen-bond donors (Lipinski definition) is 3. The highest BCUT2D eigenvalue weighted by molar-refractivity contribution is 7.80. The van der Waals surface area contributed by atoms with Gasteiger partial charge in [-0.3, -0.25) is 15.6 Å². The van der Waals surface area contributed by atoms with Crippen LogP contribution in [0.3, 0.4) is 0 Å². The molecule has 2 aromatic carbocycles. The maximum absolute atomic E-state index is 12.2. The Morgan fingerprint density at radius 1 is 1.21 bits per heavy atom. The number of halogens is 1. The number of benzene rings is 2. The molecule has 0 aliphatic heterocycles. The lowest BCUT2D eigenvalue weighted by molar-refractivity contribution is 0.0941. The lowest BCUT2D eigenvalue weighted by Crippen LogP contribution is -2.43. The van der Waals surface area contributed by atoms with Gasteiger partial charge in [-0.1, -0.05) is 30.7 Å². The molecule has 0 aliphatic carbocycles. The van der Waals surface area contributed by atoms with E-state index in [2.05, 4.69) is 23.1 Å². The molecule has 0 bridgehead atoms. The van der Waals surface area contributed by atoms with Crippen molar-refractivity contribution in [1.29, 1.82) is 0 Å². The summed E-state index contributed by atoms with van der Waals surface area (Å²) in [7, 11) is 1.49. The number of carbonyl (C=O) groups is 1. The van der Waals surface area contributed by atoms with E-state index < -0.39 is 5.91 Å². The van der Waals surface area contributed by atoms with Crippen molar-refractivity contribution in [3.8, 4) is 5.75 Å². The zero-order valence-corrected chi connectivity index (χ0v) is 14.9. The number of nitrogens with one attached hydrogen (secondary N) is 3. The molecule has 1 amide bonds. The minimum absolute atomic E-state index is 0.276. The van der Waals surface area contributed by atoms with E-state index in [1.807, 2.05) is 24.3 Å². The fourth-order valence-corrected chi connectivity index (χ4v) is 2.41. The van der Waals surface area contributed by atoms with Crippen LogP contribution in [0, 0.1) is 0 Å². The maximum atomic E-state index is 12.2. The zero-order chi connectivity index (χ0) is 17.5. The molecule has 3 N–H and O–H groups in total. The maximum Gasteiger partial charge on any atom is 0.273 e. The van der Waals surface area contributed by atoms with Crippen LogP contribution in [-0.4, -0.2) is 18.1 Å². The van der Waals surface area contributed by atoms with Crippen LogP contribution in [-0.2, 0) is 6.42 Å². The smallest absolute Gasteiger partial charge is 0.273 e. The van der Waals surface area contributed by atoms with Crippen LogP contribution in [0.4, 0.5) is 5.69 Å².